The molecular formula is C18H19ClN4O2. The van der Waals surface area contributed by atoms with E-state index >= 15 is 0 Å². The molecule has 2 aliphatic rings. The molecule has 1 N–H and O–H groups in total. The Morgan fingerprint density at radius 1 is 1.36 bits per heavy atom. The van der Waals surface area contributed by atoms with Gasteiger partial charge in [-0.15, -0.1) is 10.2 Å². The van der Waals surface area contributed by atoms with E-state index in [1.54, 1.807) is 4.90 Å². The minimum absolute atomic E-state index is 0.141. The fraction of sp³-hybridized carbons (Fsp3) is 0.389. The van der Waals surface area contributed by atoms with Crippen molar-refractivity contribution in [1.29, 1.82) is 0 Å². The molecule has 0 saturated carbocycles. The molecule has 3 heterocycles. The molecular weight excluding hydrogens is 340 g/mol. The number of nitrogens with one attached hydrogen (secondary N) is 1. The molecule has 4 rings (SSSR count). The minimum atomic E-state index is -0.262. The van der Waals surface area contributed by atoms with Crippen LogP contribution in [0.4, 0.5) is 10.6 Å². The molecule has 1 amide bonds. The summed E-state index contributed by atoms with van der Waals surface area (Å²) in [6, 6.07) is 11.5. The van der Waals surface area contributed by atoms with Crippen LogP contribution in [0.1, 0.15) is 18.1 Å². The lowest BCUT2D eigenvalue weighted by atomic mass is 9.78. The summed E-state index contributed by atoms with van der Waals surface area (Å²) in [5.41, 5.74) is 1.92. The van der Waals surface area contributed by atoms with Gasteiger partial charge in [0.2, 0.25) is 0 Å². The molecule has 1 aromatic carbocycles. The van der Waals surface area contributed by atoms with Gasteiger partial charge in [0.05, 0.1) is 0 Å². The topological polar surface area (TPSA) is 67.4 Å². The fourth-order valence-electron chi connectivity index (χ4n) is 3.44. The molecule has 0 bridgehead atoms. The number of likely N-dealkylation sites (tertiary alicyclic amines) is 1. The smallest absolute Gasteiger partial charge is 0.410 e. The zero-order chi connectivity index (χ0) is 17.4. The van der Waals surface area contributed by atoms with Gasteiger partial charge in [0.15, 0.2) is 11.0 Å². The predicted molar refractivity (Wildman–Crippen MR) is 94.5 cm³/mol. The van der Waals surface area contributed by atoms with E-state index in [9.17, 15) is 4.79 Å². The van der Waals surface area contributed by atoms with Crippen molar-refractivity contribution in [3.05, 3.63) is 52.7 Å². The van der Waals surface area contributed by atoms with Crippen molar-refractivity contribution in [1.82, 2.24) is 15.1 Å². The quantitative estimate of drug-likeness (QED) is 0.913. The van der Waals surface area contributed by atoms with Crippen LogP contribution in [-0.2, 0) is 17.8 Å². The van der Waals surface area contributed by atoms with Crippen molar-refractivity contribution in [2.45, 2.75) is 25.5 Å². The van der Waals surface area contributed by atoms with Crippen LogP contribution in [0.2, 0.25) is 5.15 Å². The Balaban J connectivity index is 1.31. The Hall–Kier alpha value is -2.34. The number of hydrogen-bond acceptors (Lipinski definition) is 5. The Morgan fingerprint density at radius 2 is 2.12 bits per heavy atom. The maximum Gasteiger partial charge on any atom is 0.410 e. The van der Waals surface area contributed by atoms with Gasteiger partial charge in [-0.2, -0.15) is 0 Å². The third kappa shape index (κ3) is 3.14. The first-order valence-corrected chi connectivity index (χ1v) is 8.67. The zero-order valence-corrected chi connectivity index (χ0v) is 14.7. The van der Waals surface area contributed by atoms with Crippen molar-refractivity contribution in [3.8, 4) is 0 Å². The van der Waals surface area contributed by atoms with Gasteiger partial charge < -0.3 is 15.0 Å². The van der Waals surface area contributed by atoms with E-state index in [-0.39, 0.29) is 11.6 Å². The number of hydrogen-bond donors (Lipinski definition) is 1. The number of aromatic nitrogens is 2. The lowest BCUT2D eigenvalue weighted by Crippen LogP contribution is -2.60. The standard InChI is InChI=1S/C18H19ClN4O2/c1-18(8-13-7-15(19)21-22-16(13)20-18)14-9-23(10-14)17(24)25-11-12-5-3-2-4-6-12/h2-7,14H,8-11H2,1H3,(H,20,22). The number of nitrogens with zero attached hydrogens (tertiary/aromatic N) is 3. The van der Waals surface area contributed by atoms with Gasteiger partial charge in [-0.05, 0) is 25.0 Å². The Kier molecular flexibility index (Phi) is 4.00. The highest BCUT2D eigenvalue weighted by molar-refractivity contribution is 6.29. The summed E-state index contributed by atoms with van der Waals surface area (Å²) in [5.74, 6) is 1.13. The van der Waals surface area contributed by atoms with Gasteiger partial charge in [-0.3, -0.25) is 0 Å². The summed E-state index contributed by atoms with van der Waals surface area (Å²) in [6.45, 7) is 3.80. The molecule has 1 aromatic heterocycles. The maximum atomic E-state index is 12.2. The number of carbonyl (C=O) groups excluding carboxylic acids is 1. The lowest BCUT2D eigenvalue weighted by Gasteiger charge is -2.46. The normalized spacial score (nSPS) is 22.1. The number of carbonyl (C=O) groups is 1. The monoisotopic (exact) mass is 358 g/mol. The SMILES string of the molecule is CC1(C2CN(C(=O)OCc3ccccc3)C2)Cc2cc(Cl)nnc2N1. The number of rotatable bonds is 3. The van der Waals surface area contributed by atoms with Crippen LogP contribution in [0, 0.1) is 5.92 Å². The Labute approximate surface area is 151 Å². The first kappa shape index (κ1) is 16.1. The molecule has 1 unspecified atom stereocenters. The summed E-state index contributed by atoms with van der Waals surface area (Å²) < 4.78 is 5.38. The molecule has 2 aromatic rings. The second kappa shape index (κ2) is 6.19. The highest BCUT2D eigenvalue weighted by Crippen LogP contribution is 2.39. The van der Waals surface area contributed by atoms with Gasteiger partial charge in [0, 0.05) is 30.1 Å². The van der Waals surface area contributed by atoms with E-state index in [0.717, 1.165) is 23.4 Å². The van der Waals surface area contributed by atoms with Gasteiger partial charge >= 0.3 is 6.09 Å². The molecule has 7 heteroatoms. The van der Waals surface area contributed by atoms with Gasteiger partial charge in [0.1, 0.15) is 6.61 Å². The third-order valence-electron chi connectivity index (χ3n) is 5.05. The van der Waals surface area contributed by atoms with Gasteiger partial charge in [-0.25, -0.2) is 4.79 Å². The summed E-state index contributed by atoms with van der Waals surface area (Å²) in [5, 5.41) is 11.9. The van der Waals surface area contributed by atoms with Crippen LogP contribution < -0.4 is 5.32 Å². The first-order valence-electron chi connectivity index (χ1n) is 8.29. The molecule has 2 aliphatic heterocycles. The number of fused-ring (bicyclic) bond motifs is 1. The molecule has 1 saturated heterocycles. The number of anilines is 1. The lowest BCUT2D eigenvalue weighted by molar-refractivity contribution is 0.0310. The van der Waals surface area contributed by atoms with E-state index in [2.05, 4.69) is 22.4 Å². The van der Waals surface area contributed by atoms with E-state index in [1.165, 1.54) is 0 Å². The Morgan fingerprint density at radius 3 is 2.88 bits per heavy atom. The fourth-order valence-corrected chi connectivity index (χ4v) is 3.61. The van der Waals surface area contributed by atoms with Crippen molar-refractivity contribution < 1.29 is 9.53 Å². The summed E-state index contributed by atoms with van der Waals surface area (Å²) in [4.78, 5) is 13.9. The minimum Gasteiger partial charge on any atom is -0.445 e. The van der Waals surface area contributed by atoms with E-state index < -0.39 is 0 Å². The van der Waals surface area contributed by atoms with E-state index in [4.69, 9.17) is 16.3 Å². The van der Waals surface area contributed by atoms with Crippen molar-refractivity contribution in [2.75, 3.05) is 18.4 Å². The summed E-state index contributed by atoms with van der Waals surface area (Å²) in [7, 11) is 0. The van der Waals surface area contributed by atoms with Crippen molar-refractivity contribution in [3.63, 3.8) is 0 Å². The molecule has 0 radical (unpaired) electrons. The molecule has 6 nitrogen and oxygen atoms in total. The molecule has 25 heavy (non-hydrogen) atoms. The Bertz CT molecular complexity index is 795. The molecule has 1 fully saturated rings. The van der Waals surface area contributed by atoms with Crippen molar-refractivity contribution >= 4 is 23.5 Å². The molecule has 1 atom stereocenters. The molecule has 0 spiro atoms. The third-order valence-corrected chi connectivity index (χ3v) is 5.24. The van der Waals surface area contributed by atoms with Crippen LogP contribution in [0.5, 0.6) is 0 Å². The van der Waals surface area contributed by atoms with Crippen LogP contribution in [-0.4, -0.2) is 39.8 Å². The summed E-state index contributed by atoms with van der Waals surface area (Å²) in [6.07, 6.45) is 0.567. The second-order valence-electron chi connectivity index (χ2n) is 6.90. The number of ether oxygens (including phenoxy) is 1. The highest BCUT2D eigenvalue weighted by atomic mass is 35.5. The zero-order valence-electron chi connectivity index (χ0n) is 13.9. The average molecular weight is 359 g/mol. The molecule has 0 aliphatic carbocycles. The van der Waals surface area contributed by atoms with Crippen LogP contribution in [0.15, 0.2) is 36.4 Å². The van der Waals surface area contributed by atoms with Crippen LogP contribution in [0.25, 0.3) is 0 Å². The number of halogens is 1. The van der Waals surface area contributed by atoms with E-state index in [1.807, 2.05) is 36.4 Å². The highest BCUT2D eigenvalue weighted by Gasteiger charge is 2.47. The van der Waals surface area contributed by atoms with Crippen LogP contribution in [0.3, 0.4) is 0 Å². The number of benzene rings is 1. The van der Waals surface area contributed by atoms with E-state index in [0.29, 0.717) is 30.8 Å². The van der Waals surface area contributed by atoms with Crippen molar-refractivity contribution in [2.24, 2.45) is 5.92 Å². The first-order chi connectivity index (χ1) is 12.0. The number of amides is 1. The van der Waals surface area contributed by atoms with Crippen LogP contribution >= 0.6 is 11.6 Å². The summed E-state index contributed by atoms with van der Waals surface area (Å²) >= 11 is 5.92. The van der Waals surface area contributed by atoms with Gasteiger partial charge in [-0.1, -0.05) is 41.9 Å². The largest absolute Gasteiger partial charge is 0.445 e. The van der Waals surface area contributed by atoms with Gasteiger partial charge in [0.25, 0.3) is 0 Å². The average Bonchev–Trinajstić information content (AvgIpc) is 2.88. The maximum absolute atomic E-state index is 12.2. The molecule has 130 valence electrons. The second-order valence-corrected chi connectivity index (χ2v) is 7.29. The predicted octanol–water partition coefficient (Wildman–Crippen LogP) is 3.13.